The number of nitrogens with two attached hydrogens (primary N) is 1. The number of amides is 2. The van der Waals surface area contributed by atoms with Crippen LogP contribution in [0.3, 0.4) is 0 Å². The van der Waals surface area contributed by atoms with Crippen LogP contribution in [0.2, 0.25) is 0 Å². The number of carbonyl (C=O) groups is 2. The third kappa shape index (κ3) is 2.92. The highest BCUT2D eigenvalue weighted by molar-refractivity contribution is 5.92. The molecule has 0 saturated carbocycles. The molecule has 0 aliphatic carbocycles. The van der Waals surface area contributed by atoms with Crippen LogP contribution in [0.1, 0.15) is 17.3 Å². The van der Waals surface area contributed by atoms with Crippen molar-refractivity contribution in [3.05, 3.63) is 58.5 Å². The Balaban J connectivity index is 2.50. The quantitative estimate of drug-likeness (QED) is 0.868. The molecule has 0 fully saturated rings. The number of hydrogen-bond donors (Lipinski definition) is 2. The molecular formula is C14H13N3O3. The molecule has 0 radical (unpaired) electrons. The van der Waals surface area contributed by atoms with E-state index in [1.54, 1.807) is 24.3 Å². The van der Waals surface area contributed by atoms with E-state index in [1.807, 2.05) is 0 Å². The van der Waals surface area contributed by atoms with Gasteiger partial charge in [0.05, 0.1) is 11.3 Å². The summed E-state index contributed by atoms with van der Waals surface area (Å²) in [6.45, 7) is 1.40. The van der Waals surface area contributed by atoms with Gasteiger partial charge < -0.3 is 11.1 Å². The first-order valence-electron chi connectivity index (χ1n) is 5.88. The fourth-order valence-electron chi connectivity index (χ4n) is 1.77. The third-order valence-corrected chi connectivity index (χ3v) is 2.64. The van der Waals surface area contributed by atoms with Crippen molar-refractivity contribution in [2.45, 2.75) is 6.92 Å². The summed E-state index contributed by atoms with van der Waals surface area (Å²) in [4.78, 5) is 34.0. The lowest BCUT2D eigenvalue weighted by molar-refractivity contribution is -0.114. The Morgan fingerprint density at radius 3 is 2.60 bits per heavy atom. The fraction of sp³-hybridized carbons (Fsp3) is 0.0714. The van der Waals surface area contributed by atoms with Crippen molar-refractivity contribution >= 4 is 17.5 Å². The van der Waals surface area contributed by atoms with Gasteiger partial charge in [0.1, 0.15) is 0 Å². The molecule has 2 amide bonds. The average Bonchev–Trinajstić information content (AvgIpc) is 2.38. The first-order valence-corrected chi connectivity index (χ1v) is 5.88. The second-order valence-electron chi connectivity index (χ2n) is 4.22. The van der Waals surface area contributed by atoms with E-state index in [9.17, 15) is 14.4 Å². The summed E-state index contributed by atoms with van der Waals surface area (Å²) in [6, 6.07) is 9.37. The normalized spacial score (nSPS) is 10.1. The highest BCUT2D eigenvalue weighted by Crippen LogP contribution is 2.13. The Morgan fingerprint density at radius 2 is 1.95 bits per heavy atom. The van der Waals surface area contributed by atoms with Crippen LogP contribution < -0.4 is 16.6 Å². The maximum absolute atomic E-state index is 11.9. The molecule has 0 spiro atoms. The van der Waals surface area contributed by atoms with Crippen LogP contribution in [-0.4, -0.2) is 16.4 Å². The van der Waals surface area contributed by atoms with Gasteiger partial charge in [0.25, 0.3) is 5.56 Å². The monoisotopic (exact) mass is 271 g/mol. The van der Waals surface area contributed by atoms with E-state index < -0.39 is 5.91 Å². The van der Waals surface area contributed by atoms with Gasteiger partial charge in [-0.15, -0.1) is 0 Å². The van der Waals surface area contributed by atoms with Crippen LogP contribution in [0.25, 0.3) is 5.69 Å². The molecule has 1 aromatic heterocycles. The zero-order valence-corrected chi connectivity index (χ0v) is 10.8. The molecule has 102 valence electrons. The minimum atomic E-state index is -0.614. The number of nitrogens with zero attached hydrogens (tertiary/aromatic N) is 1. The molecule has 0 aliphatic heterocycles. The second-order valence-corrected chi connectivity index (χ2v) is 4.22. The van der Waals surface area contributed by atoms with Gasteiger partial charge in [0.2, 0.25) is 11.8 Å². The lowest BCUT2D eigenvalue weighted by Crippen LogP contribution is -2.21. The molecule has 2 aromatic rings. The predicted octanol–water partition coefficient (Wildman–Crippen LogP) is 0.895. The van der Waals surface area contributed by atoms with Crippen molar-refractivity contribution in [3.8, 4) is 5.69 Å². The summed E-state index contributed by atoms with van der Waals surface area (Å²) in [7, 11) is 0. The molecular weight excluding hydrogens is 258 g/mol. The Hall–Kier alpha value is -2.89. The Kier molecular flexibility index (Phi) is 3.65. The van der Waals surface area contributed by atoms with Gasteiger partial charge in [-0.1, -0.05) is 6.07 Å². The average molecular weight is 271 g/mol. The SMILES string of the molecule is CC(=O)Nc1cccc(-n2cc(C(N)=O)ccc2=O)c1. The van der Waals surface area contributed by atoms with Crippen molar-refractivity contribution in [3.63, 3.8) is 0 Å². The Morgan fingerprint density at radius 1 is 1.20 bits per heavy atom. The summed E-state index contributed by atoms with van der Waals surface area (Å²) in [5, 5.41) is 2.63. The maximum Gasteiger partial charge on any atom is 0.255 e. The number of carbonyl (C=O) groups excluding carboxylic acids is 2. The molecule has 3 N–H and O–H groups in total. The summed E-state index contributed by atoms with van der Waals surface area (Å²) in [6.07, 6.45) is 1.37. The van der Waals surface area contributed by atoms with Gasteiger partial charge in [-0.2, -0.15) is 0 Å². The van der Waals surface area contributed by atoms with Gasteiger partial charge in [0, 0.05) is 24.9 Å². The van der Waals surface area contributed by atoms with E-state index in [-0.39, 0.29) is 17.0 Å². The number of aromatic nitrogens is 1. The van der Waals surface area contributed by atoms with Crippen LogP contribution in [0.4, 0.5) is 5.69 Å². The van der Waals surface area contributed by atoms with E-state index in [0.717, 1.165) is 0 Å². The van der Waals surface area contributed by atoms with Crippen molar-refractivity contribution < 1.29 is 9.59 Å². The second kappa shape index (κ2) is 5.40. The molecule has 0 atom stereocenters. The topological polar surface area (TPSA) is 94.2 Å². The minimum Gasteiger partial charge on any atom is -0.366 e. The summed E-state index contributed by atoms with van der Waals surface area (Å²) < 4.78 is 1.30. The molecule has 0 aliphatic rings. The third-order valence-electron chi connectivity index (χ3n) is 2.64. The van der Waals surface area contributed by atoms with E-state index in [1.165, 1.54) is 29.8 Å². The fourth-order valence-corrected chi connectivity index (χ4v) is 1.77. The first-order chi connectivity index (χ1) is 9.47. The minimum absolute atomic E-state index is 0.208. The lowest BCUT2D eigenvalue weighted by Gasteiger charge is -2.09. The first kappa shape index (κ1) is 13.5. The lowest BCUT2D eigenvalue weighted by atomic mass is 10.2. The summed E-state index contributed by atoms with van der Waals surface area (Å²) in [5.41, 5.74) is 6.22. The number of anilines is 1. The number of pyridine rings is 1. The highest BCUT2D eigenvalue weighted by Gasteiger charge is 2.06. The van der Waals surface area contributed by atoms with Crippen LogP contribution >= 0.6 is 0 Å². The number of hydrogen-bond acceptors (Lipinski definition) is 3. The van der Waals surface area contributed by atoms with Gasteiger partial charge >= 0.3 is 0 Å². The zero-order valence-electron chi connectivity index (χ0n) is 10.8. The zero-order chi connectivity index (χ0) is 14.7. The van der Waals surface area contributed by atoms with Gasteiger partial charge in [0.15, 0.2) is 0 Å². The number of nitrogens with one attached hydrogen (secondary N) is 1. The van der Waals surface area contributed by atoms with Crippen LogP contribution in [0.15, 0.2) is 47.4 Å². The molecule has 0 saturated heterocycles. The Bertz CT molecular complexity index is 734. The molecule has 0 bridgehead atoms. The molecule has 2 rings (SSSR count). The number of primary amides is 1. The molecule has 6 nitrogen and oxygen atoms in total. The van der Waals surface area contributed by atoms with Gasteiger partial charge in [-0.3, -0.25) is 19.0 Å². The van der Waals surface area contributed by atoms with Gasteiger partial charge in [-0.05, 0) is 24.3 Å². The van der Waals surface area contributed by atoms with Crippen molar-refractivity contribution in [1.29, 1.82) is 0 Å². The smallest absolute Gasteiger partial charge is 0.255 e. The van der Waals surface area contributed by atoms with E-state index in [4.69, 9.17) is 5.73 Å². The highest BCUT2D eigenvalue weighted by atomic mass is 16.2. The Labute approximate surface area is 114 Å². The van der Waals surface area contributed by atoms with E-state index in [2.05, 4.69) is 5.32 Å². The summed E-state index contributed by atoms with van der Waals surface area (Å²) in [5.74, 6) is -0.822. The molecule has 1 heterocycles. The van der Waals surface area contributed by atoms with Crippen LogP contribution in [0, 0.1) is 0 Å². The maximum atomic E-state index is 11.9. The standard InChI is InChI=1S/C14H13N3O3/c1-9(18)16-11-3-2-4-12(7-11)17-8-10(14(15)20)5-6-13(17)19/h2-8H,1H3,(H2,15,20)(H,16,18). The predicted molar refractivity (Wildman–Crippen MR) is 74.9 cm³/mol. The van der Waals surface area contributed by atoms with Crippen LogP contribution in [0.5, 0.6) is 0 Å². The molecule has 0 unspecified atom stereocenters. The number of rotatable bonds is 3. The molecule has 6 heteroatoms. The van der Waals surface area contributed by atoms with Crippen molar-refractivity contribution in [1.82, 2.24) is 4.57 Å². The van der Waals surface area contributed by atoms with E-state index >= 15 is 0 Å². The number of benzene rings is 1. The van der Waals surface area contributed by atoms with Crippen molar-refractivity contribution in [2.24, 2.45) is 5.73 Å². The van der Waals surface area contributed by atoms with Crippen molar-refractivity contribution in [2.75, 3.05) is 5.32 Å². The molecule has 1 aromatic carbocycles. The molecule has 20 heavy (non-hydrogen) atoms. The van der Waals surface area contributed by atoms with Gasteiger partial charge in [-0.25, -0.2) is 0 Å². The van der Waals surface area contributed by atoms with E-state index in [0.29, 0.717) is 11.4 Å². The van der Waals surface area contributed by atoms with Crippen LogP contribution in [-0.2, 0) is 4.79 Å². The summed E-state index contributed by atoms with van der Waals surface area (Å²) >= 11 is 0. The largest absolute Gasteiger partial charge is 0.366 e.